The van der Waals surface area contributed by atoms with Crippen molar-refractivity contribution in [2.75, 3.05) is 26.7 Å². The number of ether oxygens (including phenoxy) is 1. The summed E-state index contributed by atoms with van der Waals surface area (Å²) in [5.41, 5.74) is 2.24. The zero-order chi connectivity index (χ0) is 19.8. The molecule has 1 fully saturated rings. The second-order valence-electron chi connectivity index (χ2n) is 7.14. The summed E-state index contributed by atoms with van der Waals surface area (Å²) in [6.07, 6.45) is 5.21. The van der Waals surface area contributed by atoms with Crippen LogP contribution in [-0.4, -0.2) is 43.5 Å². The molecular formula is C23H28N2O3. The van der Waals surface area contributed by atoms with Gasteiger partial charge < -0.3 is 15.0 Å². The largest absolute Gasteiger partial charge is 0.497 e. The third-order valence-corrected chi connectivity index (χ3v) is 5.12. The van der Waals surface area contributed by atoms with Gasteiger partial charge in [0.2, 0.25) is 0 Å². The maximum Gasteiger partial charge on any atom is 0.253 e. The smallest absolute Gasteiger partial charge is 0.253 e. The highest BCUT2D eigenvalue weighted by molar-refractivity contribution is 5.99. The minimum atomic E-state index is -0.154. The fourth-order valence-corrected chi connectivity index (χ4v) is 3.46. The SMILES string of the molecule is COc1ccc(CCNC(=O)c2cccc(C(=O)N3CCCCCC3)c2)cc1. The maximum atomic E-state index is 12.8. The summed E-state index contributed by atoms with van der Waals surface area (Å²) in [5, 5.41) is 2.94. The minimum absolute atomic E-state index is 0.0229. The summed E-state index contributed by atoms with van der Waals surface area (Å²) < 4.78 is 5.15. The standard InChI is InChI=1S/C23H28N2O3/c1-28-21-11-9-18(10-12-21)13-14-24-22(26)19-7-6-8-20(17-19)23(27)25-15-4-2-3-5-16-25/h6-12,17H,2-5,13-16H2,1H3,(H,24,26). The van der Waals surface area contributed by atoms with Crippen LogP contribution >= 0.6 is 0 Å². The van der Waals surface area contributed by atoms with Crippen LogP contribution in [-0.2, 0) is 6.42 Å². The second-order valence-corrected chi connectivity index (χ2v) is 7.14. The van der Waals surface area contributed by atoms with E-state index in [1.165, 1.54) is 12.8 Å². The van der Waals surface area contributed by atoms with Gasteiger partial charge in [-0.15, -0.1) is 0 Å². The Morgan fingerprint density at radius 3 is 2.32 bits per heavy atom. The van der Waals surface area contributed by atoms with Gasteiger partial charge in [0.15, 0.2) is 0 Å². The number of carbonyl (C=O) groups excluding carboxylic acids is 2. The summed E-state index contributed by atoms with van der Waals surface area (Å²) in [6, 6.07) is 14.8. The molecule has 0 bridgehead atoms. The normalized spacial score (nSPS) is 14.2. The zero-order valence-electron chi connectivity index (χ0n) is 16.4. The van der Waals surface area contributed by atoms with Gasteiger partial charge in [-0.3, -0.25) is 9.59 Å². The molecule has 0 saturated carbocycles. The Balaban J connectivity index is 1.56. The average Bonchev–Trinajstić information content (AvgIpc) is 3.03. The summed E-state index contributed by atoms with van der Waals surface area (Å²) >= 11 is 0. The van der Waals surface area contributed by atoms with E-state index in [0.717, 1.165) is 43.7 Å². The molecule has 1 aliphatic rings. The van der Waals surface area contributed by atoms with Crippen LogP contribution in [0.5, 0.6) is 5.75 Å². The Morgan fingerprint density at radius 1 is 0.964 bits per heavy atom. The predicted molar refractivity (Wildman–Crippen MR) is 110 cm³/mol. The summed E-state index contributed by atoms with van der Waals surface area (Å²) in [5.74, 6) is 0.687. The maximum absolute atomic E-state index is 12.8. The Hall–Kier alpha value is -2.82. The lowest BCUT2D eigenvalue weighted by molar-refractivity contribution is 0.0761. The van der Waals surface area contributed by atoms with Crippen LogP contribution in [0.2, 0.25) is 0 Å². The van der Waals surface area contributed by atoms with E-state index >= 15 is 0 Å². The van der Waals surface area contributed by atoms with Gasteiger partial charge in [-0.25, -0.2) is 0 Å². The number of hydrogen-bond donors (Lipinski definition) is 1. The molecule has 0 atom stereocenters. The van der Waals surface area contributed by atoms with E-state index in [4.69, 9.17) is 4.74 Å². The Bertz CT molecular complexity index is 794. The van der Waals surface area contributed by atoms with Gasteiger partial charge in [-0.1, -0.05) is 31.0 Å². The number of amides is 2. The monoisotopic (exact) mass is 380 g/mol. The number of hydrogen-bond acceptors (Lipinski definition) is 3. The highest BCUT2D eigenvalue weighted by atomic mass is 16.5. The third kappa shape index (κ3) is 5.35. The fourth-order valence-electron chi connectivity index (χ4n) is 3.46. The summed E-state index contributed by atoms with van der Waals surface area (Å²) in [7, 11) is 1.64. The van der Waals surface area contributed by atoms with Crippen LogP contribution in [0.1, 0.15) is 52.0 Å². The first-order chi connectivity index (χ1) is 13.7. The van der Waals surface area contributed by atoms with Crippen molar-refractivity contribution in [1.29, 1.82) is 0 Å². The molecule has 3 rings (SSSR count). The van der Waals surface area contributed by atoms with Crippen LogP contribution < -0.4 is 10.1 Å². The van der Waals surface area contributed by atoms with Crippen molar-refractivity contribution >= 4 is 11.8 Å². The highest BCUT2D eigenvalue weighted by Crippen LogP contribution is 2.15. The Labute approximate surface area is 166 Å². The van der Waals surface area contributed by atoms with Gasteiger partial charge in [-0.2, -0.15) is 0 Å². The molecule has 1 N–H and O–H groups in total. The van der Waals surface area contributed by atoms with E-state index in [9.17, 15) is 9.59 Å². The molecule has 0 unspecified atom stereocenters. The van der Waals surface area contributed by atoms with Gasteiger partial charge in [0, 0.05) is 30.8 Å². The molecule has 5 heteroatoms. The van der Waals surface area contributed by atoms with Crippen LogP contribution in [0.3, 0.4) is 0 Å². The number of carbonyl (C=O) groups is 2. The van der Waals surface area contributed by atoms with Crippen molar-refractivity contribution in [1.82, 2.24) is 10.2 Å². The molecule has 148 valence electrons. The lowest BCUT2D eigenvalue weighted by Gasteiger charge is -2.20. The van der Waals surface area contributed by atoms with Gasteiger partial charge in [0.05, 0.1) is 7.11 Å². The quantitative estimate of drug-likeness (QED) is 0.832. The average molecular weight is 380 g/mol. The van der Waals surface area contributed by atoms with Gasteiger partial charge in [0.1, 0.15) is 5.75 Å². The predicted octanol–water partition coefficient (Wildman–Crippen LogP) is 3.68. The van der Waals surface area contributed by atoms with Crippen molar-refractivity contribution < 1.29 is 14.3 Å². The van der Waals surface area contributed by atoms with Crippen LogP contribution in [0.15, 0.2) is 48.5 Å². The Morgan fingerprint density at radius 2 is 1.64 bits per heavy atom. The second kappa shape index (κ2) is 9.93. The number of benzene rings is 2. The number of likely N-dealkylation sites (tertiary alicyclic amines) is 1. The van der Waals surface area contributed by atoms with E-state index in [2.05, 4.69) is 5.32 Å². The zero-order valence-corrected chi connectivity index (χ0v) is 16.4. The topological polar surface area (TPSA) is 58.6 Å². The number of methoxy groups -OCH3 is 1. The minimum Gasteiger partial charge on any atom is -0.497 e. The fraction of sp³-hybridized carbons (Fsp3) is 0.391. The molecule has 28 heavy (non-hydrogen) atoms. The lowest BCUT2D eigenvalue weighted by atomic mass is 10.1. The molecule has 1 heterocycles. The van der Waals surface area contributed by atoms with Gasteiger partial charge in [0.25, 0.3) is 11.8 Å². The molecule has 0 aliphatic carbocycles. The van der Waals surface area contributed by atoms with Crippen LogP contribution in [0.25, 0.3) is 0 Å². The number of rotatable bonds is 6. The first kappa shape index (κ1) is 19.9. The lowest BCUT2D eigenvalue weighted by Crippen LogP contribution is -2.32. The molecule has 2 aromatic rings. The van der Waals surface area contributed by atoms with Crippen LogP contribution in [0, 0.1) is 0 Å². The molecule has 0 spiro atoms. The molecule has 5 nitrogen and oxygen atoms in total. The van der Waals surface area contributed by atoms with E-state index in [1.807, 2.05) is 29.2 Å². The first-order valence-electron chi connectivity index (χ1n) is 9.98. The molecule has 1 aliphatic heterocycles. The van der Waals surface area contributed by atoms with Crippen molar-refractivity contribution in [3.05, 3.63) is 65.2 Å². The van der Waals surface area contributed by atoms with Crippen LogP contribution in [0.4, 0.5) is 0 Å². The van der Waals surface area contributed by atoms with Crippen molar-refractivity contribution in [2.24, 2.45) is 0 Å². The first-order valence-corrected chi connectivity index (χ1v) is 9.98. The van der Waals surface area contributed by atoms with Gasteiger partial charge in [-0.05, 0) is 55.2 Å². The number of nitrogens with zero attached hydrogens (tertiary/aromatic N) is 1. The molecule has 2 amide bonds. The van der Waals surface area contributed by atoms with Gasteiger partial charge >= 0.3 is 0 Å². The highest BCUT2D eigenvalue weighted by Gasteiger charge is 2.18. The molecule has 0 radical (unpaired) electrons. The molecular weight excluding hydrogens is 352 g/mol. The van der Waals surface area contributed by atoms with E-state index in [1.54, 1.807) is 31.4 Å². The van der Waals surface area contributed by atoms with E-state index in [0.29, 0.717) is 17.7 Å². The summed E-state index contributed by atoms with van der Waals surface area (Å²) in [4.78, 5) is 27.2. The van der Waals surface area contributed by atoms with Crippen molar-refractivity contribution in [2.45, 2.75) is 32.1 Å². The van der Waals surface area contributed by atoms with Crippen molar-refractivity contribution in [3.63, 3.8) is 0 Å². The van der Waals surface area contributed by atoms with Crippen molar-refractivity contribution in [3.8, 4) is 5.75 Å². The molecule has 1 saturated heterocycles. The summed E-state index contributed by atoms with van der Waals surface area (Å²) in [6.45, 7) is 2.14. The van der Waals surface area contributed by atoms with E-state index in [-0.39, 0.29) is 11.8 Å². The Kier molecular flexibility index (Phi) is 7.06. The number of nitrogens with one attached hydrogen (secondary N) is 1. The molecule has 0 aromatic heterocycles. The van der Waals surface area contributed by atoms with E-state index < -0.39 is 0 Å². The molecule has 2 aromatic carbocycles. The third-order valence-electron chi connectivity index (χ3n) is 5.12.